The average Bonchev–Trinajstić information content (AvgIpc) is 2.55. The Bertz CT molecular complexity index is 697. The topological polar surface area (TPSA) is 50.4 Å². The standard InChI is InChI=1S/C19H22N2O2/c1-13(2)10-11-23-15-7-5-6-14(12-15)18-20-17-9-4-3-8-16(17)19(22)21-18/h3-9,12-13,18,20H,10-11H2,1-2H3,(H,21,22). The van der Waals surface area contributed by atoms with Crippen LogP contribution in [-0.4, -0.2) is 12.5 Å². The monoisotopic (exact) mass is 310 g/mol. The van der Waals surface area contributed by atoms with E-state index in [-0.39, 0.29) is 12.1 Å². The molecule has 0 bridgehead atoms. The van der Waals surface area contributed by atoms with Crippen LogP contribution >= 0.6 is 0 Å². The Morgan fingerprint density at radius 3 is 2.74 bits per heavy atom. The van der Waals surface area contributed by atoms with Crippen molar-refractivity contribution >= 4 is 11.6 Å². The number of amides is 1. The van der Waals surface area contributed by atoms with E-state index in [1.165, 1.54) is 0 Å². The van der Waals surface area contributed by atoms with Crippen LogP contribution in [0.5, 0.6) is 5.75 Å². The van der Waals surface area contributed by atoms with E-state index in [0.29, 0.717) is 18.1 Å². The summed E-state index contributed by atoms with van der Waals surface area (Å²) in [4.78, 5) is 12.2. The molecule has 4 nitrogen and oxygen atoms in total. The Morgan fingerprint density at radius 1 is 1.09 bits per heavy atom. The molecule has 0 fully saturated rings. The molecule has 0 aliphatic carbocycles. The molecule has 0 radical (unpaired) electrons. The molecule has 0 saturated carbocycles. The quantitative estimate of drug-likeness (QED) is 0.878. The summed E-state index contributed by atoms with van der Waals surface area (Å²) in [6.45, 7) is 5.06. The van der Waals surface area contributed by atoms with Crippen LogP contribution < -0.4 is 15.4 Å². The number of anilines is 1. The maximum absolute atomic E-state index is 12.2. The van der Waals surface area contributed by atoms with Gasteiger partial charge in [-0.1, -0.05) is 38.1 Å². The van der Waals surface area contributed by atoms with Gasteiger partial charge in [-0.05, 0) is 42.2 Å². The molecule has 23 heavy (non-hydrogen) atoms. The predicted molar refractivity (Wildman–Crippen MR) is 91.7 cm³/mol. The molecule has 1 aliphatic rings. The Hall–Kier alpha value is -2.49. The molecule has 1 atom stereocenters. The normalized spacial score (nSPS) is 16.5. The van der Waals surface area contributed by atoms with Crippen LogP contribution in [0.25, 0.3) is 0 Å². The van der Waals surface area contributed by atoms with Crippen molar-refractivity contribution in [2.75, 3.05) is 11.9 Å². The van der Waals surface area contributed by atoms with Gasteiger partial charge in [0.15, 0.2) is 0 Å². The molecule has 0 aromatic heterocycles. The summed E-state index contributed by atoms with van der Waals surface area (Å²) in [6.07, 6.45) is 0.779. The van der Waals surface area contributed by atoms with Gasteiger partial charge in [-0.25, -0.2) is 0 Å². The SMILES string of the molecule is CC(C)CCOc1cccc(C2NC(=O)c3ccccc3N2)c1. The van der Waals surface area contributed by atoms with Gasteiger partial charge in [-0.2, -0.15) is 0 Å². The van der Waals surface area contributed by atoms with E-state index in [1.807, 2.05) is 48.5 Å². The highest BCUT2D eigenvalue weighted by molar-refractivity contribution is 6.01. The second kappa shape index (κ2) is 6.73. The molecule has 2 aromatic carbocycles. The van der Waals surface area contributed by atoms with Crippen molar-refractivity contribution in [1.82, 2.24) is 5.32 Å². The van der Waals surface area contributed by atoms with E-state index in [2.05, 4.69) is 24.5 Å². The molecule has 0 saturated heterocycles. The fourth-order valence-corrected chi connectivity index (χ4v) is 2.57. The molecule has 1 unspecified atom stereocenters. The van der Waals surface area contributed by atoms with E-state index in [4.69, 9.17) is 4.74 Å². The minimum absolute atomic E-state index is 0.0597. The second-order valence-electron chi connectivity index (χ2n) is 6.20. The number of carbonyl (C=O) groups excluding carboxylic acids is 1. The third kappa shape index (κ3) is 3.65. The van der Waals surface area contributed by atoms with Crippen LogP contribution in [-0.2, 0) is 0 Å². The van der Waals surface area contributed by atoms with Crippen LogP contribution in [0.1, 0.15) is 42.4 Å². The molecular weight excluding hydrogens is 288 g/mol. The van der Waals surface area contributed by atoms with Crippen molar-refractivity contribution in [3.05, 3.63) is 59.7 Å². The fourth-order valence-electron chi connectivity index (χ4n) is 2.57. The number of hydrogen-bond donors (Lipinski definition) is 2. The van der Waals surface area contributed by atoms with Gasteiger partial charge in [0, 0.05) is 5.69 Å². The lowest BCUT2D eigenvalue weighted by Crippen LogP contribution is -2.38. The molecule has 2 aromatic rings. The molecule has 120 valence electrons. The summed E-state index contributed by atoms with van der Waals surface area (Å²) in [5.41, 5.74) is 2.51. The summed E-state index contributed by atoms with van der Waals surface area (Å²) in [5.74, 6) is 1.39. The minimum atomic E-state index is -0.244. The van der Waals surface area contributed by atoms with Gasteiger partial charge < -0.3 is 15.4 Å². The van der Waals surface area contributed by atoms with Crippen LogP contribution in [0, 0.1) is 5.92 Å². The van der Waals surface area contributed by atoms with Crippen LogP contribution in [0.2, 0.25) is 0 Å². The molecule has 1 aliphatic heterocycles. The number of fused-ring (bicyclic) bond motifs is 1. The van der Waals surface area contributed by atoms with Gasteiger partial charge in [0.25, 0.3) is 5.91 Å². The van der Waals surface area contributed by atoms with E-state index in [1.54, 1.807) is 0 Å². The van der Waals surface area contributed by atoms with Gasteiger partial charge in [-0.3, -0.25) is 4.79 Å². The number of rotatable bonds is 5. The lowest BCUT2D eigenvalue weighted by atomic mass is 10.1. The minimum Gasteiger partial charge on any atom is -0.494 e. The van der Waals surface area contributed by atoms with Crippen LogP contribution in [0.3, 0.4) is 0 Å². The third-order valence-corrected chi connectivity index (χ3v) is 3.90. The first kappa shape index (κ1) is 15.4. The Labute approximate surface area is 136 Å². The first-order chi connectivity index (χ1) is 11.1. The number of ether oxygens (including phenoxy) is 1. The number of hydrogen-bond acceptors (Lipinski definition) is 3. The van der Waals surface area contributed by atoms with Gasteiger partial charge in [0.1, 0.15) is 11.9 Å². The highest BCUT2D eigenvalue weighted by atomic mass is 16.5. The van der Waals surface area contributed by atoms with Crippen LogP contribution in [0.15, 0.2) is 48.5 Å². The molecule has 1 heterocycles. The molecule has 1 amide bonds. The summed E-state index contributed by atoms with van der Waals surface area (Å²) in [6, 6.07) is 15.4. The summed E-state index contributed by atoms with van der Waals surface area (Å²) in [5, 5.41) is 6.34. The number of nitrogens with one attached hydrogen (secondary N) is 2. The second-order valence-corrected chi connectivity index (χ2v) is 6.20. The smallest absolute Gasteiger partial charge is 0.255 e. The number of benzene rings is 2. The molecule has 2 N–H and O–H groups in total. The lowest BCUT2D eigenvalue weighted by Gasteiger charge is -2.28. The lowest BCUT2D eigenvalue weighted by molar-refractivity contribution is 0.0935. The van der Waals surface area contributed by atoms with Crippen molar-refractivity contribution in [3.8, 4) is 5.75 Å². The van der Waals surface area contributed by atoms with Crippen molar-refractivity contribution in [2.45, 2.75) is 26.4 Å². The van der Waals surface area contributed by atoms with Gasteiger partial charge in [-0.15, -0.1) is 0 Å². The van der Waals surface area contributed by atoms with E-state index in [9.17, 15) is 4.79 Å². The zero-order valence-corrected chi connectivity index (χ0v) is 13.5. The van der Waals surface area contributed by atoms with Gasteiger partial charge in [0.05, 0.1) is 12.2 Å². The Kier molecular flexibility index (Phi) is 4.51. The van der Waals surface area contributed by atoms with Crippen molar-refractivity contribution in [1.29, 1.82) is 0 Å². The van der Waals surface area contributed by atoms with E-state index < -0.39 is 0 Å². The number of carbonyl (C=O) groups is 1. The molecule has 3 rings (SSSR count). The summed E-state index contributed by atoms with van der Waals surface area (Å²) >= 11 is 0. The molecular formula is C19H22N2O2. The van der Waals surface area contributed by atoms with Crippen molar-refractivity contribution in [2.24, 2.45) is 5.92 Å². The largest absolute Gasteiger partial charge is 0.494 e. The van der Waals surface area contributed by atoms with E-state index >= 15 is 0 Å². The zero-order chi connectivity index (χ0) is 16.2. The highest BCUT2D eigenvalue weighted by Crippen LogP contribution is 2.27. The van der Waals surface area contributed by atoms with E-state index in [0.717, 1.165) is 23.4 Å². The summed E-state index contributed by atoms with van der Waals surface area (Å²) < 4.78 is 5.80. The maximum Gasteiger partial charge on any atom is 0.255 e. The van der Waals surface area contributed by atoms with Gasteiger partial charge >= 0.3 is 0 Å². The Balaban J connectivity index is 1.74. The van der Waals surface area contributed by atoms with Crippen LogP contribution in [0.4, 0.5) is 5.69 Å². The first-order valence-corrected chi connectivity index (χ1v) is 8.02. The number of para-hydroxylation sites is 1. The summed E-state index contributed by atoms with van der Waals surface area (Å²) in [7, 11) is 0. The molecule has 4 heteroatoms. The zero-order valence-electron chi connectivity index (χ0n) is 13.5. The third-order valence-electron chi connectivity index (χ3n) is 3.90. The van der Waals surface area contributed by atoms with Gasteiger partial charge in [0.2, 0.25) is 0 Å². The van der Waals surface area contributed by atoms with Crippen molar-refractivity contribution in [3.63, 3.8) is 0 Å². The van der Waals surface area contributed by atoms with Crippen molar-refractivity contribution < 1.29 is 9.53 Å². The highest BCUT2D eigenvalue weighted by Gasteiger charge is 2.24. The fraction of sp³-hybridized carbons (Fsp3) is 0.316. The Morgan fingerprint density at radius 2 is 1.91 bits per heavy atom. The predicted octanol–water partition coefficient (Wildman–Crippen LogP) is 3.97. The first-order valence-electron chi connectivity index (χ1n) is 8.02. The molecule has 0 spiro atoms. The maximum atomic E-state index is 12.2. The average molecular weight is 310 g/mol.